The summed E-state index contributed by atoms with van der Waals surface area (Å²) in [4.78, 5) is 32.7. The molecule has 1 aliphatic heterocycles. The third kappa shape index (κ3) is 2.93. The Kier molecular flexibility index (Phi) is 4.32. The number of benzene rings is 2. The first-order chi connectivity index (χ1) is 14.6. The lowest BCUT2D eigenvalue weighted by Gasteiger charge is -2.21. The van der Waals surface area contributed by atoms with Gasteiger partial charge in [0.1, 0.15) is 0 Å². The molecule has 6 heteroatoms. The first kappa shape index (κ1) is 18.1. The number of pyridine rings is 1. The zero-order chi connectivity index (χ0) is 20.7. The number of rotatable bonds is 3. The minimum atomic E-state index is -0.348. The molecule has 2 aromatic carbocycles. The summed E-state index contributed by atoms with van der Waals surface area (Å²) in [5.74, 6) is -0.335. The molecule has 1 aliphatic rings. The predicted octanol–water partition coefficient (Wildman–Crippen LogP) is 4.18. The van der Waals surface area contributed by atoms with Crippen LogP contribution in [0.4, 0.5) is 11.4 Å². The molecule has 1 N–H and O–H groups in total. The maximum atomic E-state index is 13.5. The number of hydrogen-bond acceptors (Lipinski definition) is 3. The average molecular weight is 396 g/mol. The smallest absolute Gasteiger partial charge is 0.294 e. The van der Waals surface area contributed by atoms with Crippen LogP contribution in [-0.4, -0.2) is 27.2 Å². The number of hydrogen-bond donors (Lipinski definition) is 1. The van der Waals surface area contributed by atoms with E-state index in [9.17, 15) is 9.59 Å². The lowest BCUT2D eigenvalue weighted by atomic mass is 10.1. The van der Waals surface area contributed by atoms with Crippen molar-refractivity contribution in [1.29, 1.82) is 0 Å². The number of aromatic nitrogens is 2. The zero-order valence-electron chi connectivity index (χ0n) is 16.4. The Morgan fingerprint density at radius 2 is 1.70 bits per heavy atom. The molecule has 1 unspecified atom stereocenters. The number of para-hydroxylation sites is 2. The maximum Gasteiger partial charge on any atom is 0.294 e. The Morgan fingerprint density at radius 1 is 0.967 bits per heavy atom. The van der Waals surface area contributed by atoms with Gasteiger partial charge in [-0.2, -0.15) is 0 Å². The Balaban J connectivity index is 1.56. The number of fused-ring (bicyclic) bond motifs is 2. The molecule has 6 nitrogen and oxygen atoms in total. The van der Waals surface area contributed by atoms with E-state index in [1.165, 1.54) is 0 Å². The summed E-state index contributed by atoms with van der Waals surface area (Å²) in [6, 6.07) is 22.6. The molecule has 30 heavy (non-hydrogen) atoms. The van der Waals surface area contributed by atoms with Crippen molar-refractivity contribution in [2.24, 2.45) is 0 Å². The molecule has 2 amide bonds. The maximum absolute atomic E-state index is 13.5. The van der Waals surface area contributed by atoms with Crippen molar-refractivity contribution in [2.75, 3.05) is 10.2 Å². The highest BCUT2D eigenvalue weighted by atomic mass is 16.2. The second-order valence-corrected chi connectivity index (χ2v) is 7.42. The van der Waals surface area contributed by atoms with Gasteiger partial charge in [-0.25, -0.2) is 4.98 Å². The normalized spacial score (nSPS) is 15.2. The van der Waals surface area contributed by atoms with Crippen LogP contribution in [0, 0.1) is 0 Å². The molecule has 0 aliphatic carbocycles. The van der Waals surface area contributed by atoms with Gasteiger partial charge < -0.3 is 10.2 Å². The van der Waals surface area contributed by atoms with E-state index in [1.807, 2.05) is 73.7 Å². The Labute approximate surface area is 173 Å². The van der Waals surface area contributed by atoms with E-state index in [4.69, 9.17) is 0 Å². The molecule has 0 bridgehead atoms. The van der Waals surface area contributed by atoms with Crippen LogP contribution in [0.3, 0.4) is 0 Å². The van der Waals surface area contributed by atoms with Gasteiger partial charge in [0.25, 0.3) is 11.8 Å². The van der Waals surface area contributed by atoms with Crippen molar-refractivity contribution in [2.45, 2.75) is 19.4 Å². The van der Waals surface area contributed by atoms with E-state index >= 15 is 0 Å². The predicted molar refractivity (Wildman–Crippen MR) is 116 cm³/mol. The van der Waals surface area contributed by atoms with Crippen molar-refractivity contribution in [3.05, 3.63) is 96.1 Å². The molecule has 0 spiro atoms. The first-order valence-corrected chi connectivity index (χ1v) is 9.88. The van der Waals surface area contributed by atoms with Gasteiger partial charge in [-0.05, 0) is 49.2 Å². The molecular weight excluding hydrogens is 376 g/mol. The van der Waals surface area contributed by atoms with Crippen LogP contribution in [0.15, 0.2) is 79.0 Å². The van der Waals surface area contributed by atoms with Crippen LogP contribution in [-0.2, 0) is 6.42 Å². The molecule has 3 heterocycles. The van der Waals surface area contributed by atoms with Gasteiger partial charge in [-0.15, -0.1) is 0 Å². The highest BCUT2D eigenvalue weighted by Crippen LogP contribution is 2.33. The SMILES string of the molecule is CC1Cc2ccccc2N1C(=O)c1nc(C(=O)Nc2ccccc2)c2ccccn12. The van der Waals surface area contributed by atoms with Crippen molar-refractivity contribution >= 4 is 28.7 Å². The minimum absolute atomic E-state index is 0.0209. The third-order valence-corrected chi connectivity index (χ3v) is 5.41. The number of anilines is 2. The molecular formula is C24H20N4O2. The molecule has 4 aromatic rings. The summed E-state index contributed by atoms with van der Waals surface area (Å²) in [6.07, 6.45) is 2.56. The molecule has 2 aromatic heterocycles. The number of nitrogens with zero attached hydrogens (tertiary/aromatic N) is 3. The van der Waals surface area contributed by atoms with Gasteiger partial charge in [-0.3, -0.25) is 14.0 Å². The van der Waals surface area contributed by atoms with E-state index in [1.54, 1.807) is 21.6 Å². The summed E-state index contributed by atoms with van der Waals surface area (Å²) in [7, 11) is 0. The monoisotopic (exact) mass is 396 g/mol. The topological polar surface area (TPSA) is 66.7 Å². The minimum Gasteiger partial charge on any atom is -0.321 e. The zero-order valence-corrected chi connectivity index (χ0v) is 16.4. The van der Waals surface area contributed by atoms with Gasteiger partial charge in [0.2, 0.25) is 5.82 Å². The van der Waals surface area contributed by atoms with Gasteiger partial charge in [0.05, 0.1) is 5.52 Å². The van der Waals surface area contributed by atoms with E-state index in [0.29, 0.717) is 11.2 Å². The van der Waals surface area contributed by atoms with Crippen LogP contribution in [0.2, 0.25) is 0 Å². The third-order valence-electron chi connectivity index (χ3n) is 5.41. The fourth-order valence-electron chi connectivity index (χ4n) is 4.05. The molecule has 148 valence electrons. The Morgan fingerprint density at radius 3 is 2.53 bits per heavy atom. The fraction of sp³-hybridized carbons (Fsp3) is 0.125. The largest absolute Gasteiger partial charge is 0.321 e. The molecule has 5 rings (SSSR count). The quantitative estimate of drug-likeness (QED) is 0.565. The van der Waals surface area contributed by atoms with Crippen molar-refractivity contribution in [3.63, 3.8) is 0 Å². The van der Waals surface area contributed by atoms with Crippen LogP contribution in [0.5, 0.6) is 0 Å². The van der Waals surface area contributed by atoms with Gasteiger partial charge >= 0.3 is 0 Å². The second kappa shape index (κ2) is 7.15. The standard InChI is InChI=1S/C24H20N4O2/c1-16-15-17-9-5-6-12-19(17)28(16)24(30)22-26-21(20-13-7-8-14-27(20)22)23(29)25-18-10-3-2-4-11-18/h2-14,16H,15H2,1H3,(H,25,29). The number of nitrogens with one attached hydrogen (secondary N) is 1. The van der Waals surface area contributed by atoms with Crippen molar-refractivity contribution in [1.82, 2.24) is 9.38 Å². The van der Waals surface area contributed by atoms with Gasteiger partial charge in [0, 0.05) is 23.6 Å². The number of carbonyl (C=O) groups excluding carboxylic acids is 2. The van der Waals surface area contributed by atoms with Crippen molar-refractivity contribution < 1.29 is 9.59 Å². The van der Waals surface area contributed by atoms with E-state index < -0.39 is 0 Å². The van der Waals surface area contributed by atoms with Crippen LogP contribution in [0.25, 0.3) is 5.52 Å². The fourth-order valence-corrected chi connectivity index (χ4v) is 4.05. The van der Waals surface area contributed by atoms with E-state index in [2.05, 4.69) is 10.3 Å². The molecule has 0 saturated heterocycles. The number of amides is 2. The van der Waals surface area contributed by atoms with Crippen LogP contribution in [0.1, 0.15) is 33.6 Å². The molecule has 0 saturated carbocycles. The summed E-state index contributed by atoms with van der Waals surface area (Å²) in [5.41, 5.74) is 3.53. The summed E-state index contributed by atoms with van der Waals surface area (Å²) < 4.78 is 1.69. The molecule has 0 fully saturated rings. The van der Waals surface area contributed by atoms with Gasteiger partial charge in [0.15, 0.2) is 5.69 Å². The summed E-state index contributed by atoms with van der Waals surface area (Å²) in [5, 5.41) is 2.86. The number of imidazole rings is 1. The molecule has 0 radical (unpaired) electrons. The highest BCUT2D eigenvalue weighted by Gasteiger charge is 2.34. The first-order valence-electron chi connectivity index (χ1n) is 9.88. The van der Waals surface area contributed by atoms with E-state index in [-0.39, 0.29) is 29.4 Å². The Bertz CT molecular complexity index is 1260. The summed E-state index contributed by atoms with van der Waals surface area (Å²) >= 11 is 0. The highest BCUT2D eigenvalue weighted by molar-refractivity contribution is 6.11. The summed E-state index contributed by atoms with van der Waals surface area (Å²) in [6.45, 7) is 2.02. The molecule has 1 atom stereocenters. The Hall–Kier alpha value is -3.93. The number of carbonyl (C=O) groups is 2. The van der Waals surface area contributed by atoms with Gasteiger partial charge in [-0.1, -0.05) is 42.5 Å². The lowest BCUT2D eigenvalue weighted by molar-refractivity contribution is 0.0971. The average Bonchev–Trinajstić information content (AvgIpc) is 3.31. The van der Waals surface area contributed by atoms with E-state index in [0.717, 1.165) is 17.7 Å². The van der Waals surface area contributed by atoms with Crippen LogP contribution < -0.4 is 10.2 Å². The lowest BCUT2D eigenvalue weighted by Crippen LogP contribution is -2.36. The second-order valence-electron chi connectivity index (χ2n) is 7.42. The van der Waals surface area contributed by atoms with Crippen LogP contribution >= 0.6 is 0 Å². The van der Waals surface area contributed by atoms with Crippen molar-refractivity contribution in [3.8, 4) is 0 Å².